The van der Waals surface area contributed by atoms with E-state index in [9.17, 15) is 61.3 Å². The molecule has 24 heteroatoms. The molecule has 12 unspecified atom stereocenters. The number of hydrogen-bond acceptors (Lipinski definition) is 24. The average molecular weight is 877 g/mol. The van der Waals surface area contributed by atoms with E-state index in [2.05, 4.69) is 0 Å². The first kappa shape index (κ1) is 47.0. The van der Waals surface area contributed by atoms with Crippen LogP contribution in [0.15, 0.2) is 0 Å². The van der Waals surface area contributed by atoms with Crippen LogP contribution >= 0.6 is 0 Å². The van der Waals surface area contributed by atoms with Gasteiger partial charge in [-0.05, 0) is 41.5 Å². The highest BCUT2D eigenvalue weighted by Crippen LogP contribution is 2.37. The Balaban J connectivity index is 1.14. The topological polar surface area (TPSA) is 354 Å². The molecule has 22 rings (SSSR count). The van der Waals surface area contributed by atoms with Crippen LogP contribution in [0, 0.1) is 0 Å². The molecule has 22 aliphatic rings. The number of aliphatic hydroxyl groups is 12. The summed E-state index contributed by atoms with van der Waals surface area (Å²) in [6.45, 7) is 8.69. The van der Waals surface area contributed by atoms with Gasteiger partial charge >= 0.3 is 0 Å². The van der Waals surface area contributed by atoms with Crippen molar-refractivity contribution in [2.75, 3.05) is 0 Å². The van der Waals surface area contributed by atoms with Crippen LogP contribution in [-0.4, -0.2) is 246 Å². The van der Waals surface area contributed by atoms with E-state index in [0.29, 0.717) is 0 Å². The predicted octanol–water partition coefficient (Wildman–Crippen LogP) is -6.89. The summed E-state index contributed by atoms with van der Waals surface area (Å²) in [5, 5.41) is 134. The van der Waals surface area contributed by atoms with Crippen LogP contribution in [0.3, 0.4) is 0 Å². The molecule has 0 saturated carbocycles. The Morgan fingerprint density at radius 2 is 0.300 bits per heavy atom. The largest absolute Gasteiger partial charge is 0.387 e. The van der Waals surface area contributed by atoms with Gasteiger partial charge in [0.05, 0.1) is 36.6 Å². The van der Waals surface area contributed by atoms with E-state index >= 15 is 0 Å². The van der Waals surface area contributed by atoms with Crippen molar-refractivity contribution in [3.8, 4) is 0 Å². The zero-order valence-corrected chi connectivity index (χ0v) is 33.6. The first-order chi connectivity index (χ1) is 28.2. The van der Waals surface area contributed by atoms with E-state index < -0.39 is 184 Å². The second-order valence-corrected chi connectivity index (χ2v) is 16.7. The Morgan fingerprint density at radius 3 is 0.417 bits per heavy atom. The van der Waals surface area contributed by atoms with Crippen LogP contribution in [-0.2, 0) is 56.8 Å². The minimum absolute atomic E-state index is 1.09. The lowest BCUT2D eigenvalue weighted by molar-refractivity contribution is -0.397. The van der Waals surface area contributed by atoms with Crippen LogP contribution in [0.5, 0.6) is 0 Å². The molecule has 0 aromatic heterocycles. The maximum Gasteiger partial charge on any atom is 0.187 e. The van der Waals surface area contributed by atoms with Gasteiger partial charge in [0.1, 0.15) is 110 Å². The second-order valence-electron chi connectivity index (χ2n) is 16.7. The molecule has 22 heterocycles. The average Bonchev–Trinajstić information content (AvgIpc) is 3.19. The lowest BCUT2D eigenvalue weighted by Gasteiger charge is -2.50. The Morgan fingerprint density at radius 1 is 0.183 bits per heavy atom. The van der Waals surface area contributed by atoms with Crippen molar-refractivity contribution in [1.29, 1.82) is 0 Å². The van der Waals surface area contributed by atoms with E-state index in [0.717, 1.165) is 0 Å². The fourth-order valence-corrected chi connectivity index (χ4v) is 8.77. The zero-order chi connectivity index (χ0) is 43.8. The lowest BCUT2D eigenvalue weighted by atomic mass is 9.95. The molecule has 348 valence electrons. The third-order valence-corrected chi connectivity index (χ3v) is 12.4. The number of ether oxygens (including phenoxy) is 12. The number of aliphatic hydroxyl groups excluding tert-OH is 12. The molecule has 0 aromatic rings. The lowest BCUT2D eigenvalue weighted by Crippen LogP contribution is -2.67. The van der Waals surface area contributed by atoms with Crippen molar-refractivity contribution >= 4 is 0 Å². The van der Waals surface area contributed by atoms with Crippen LogP contribution in [0.1, 0.15) is 41.5 Å². The van der Waals surface area contributed by atoms with Crippen LogP contribution < -0.4 is 0 Å². The fraction of sp³-hybridized carbons (Fsp3) is 1.00. The summed E-state index contributed by atoms with van der Waals surface area (Å²) in [6, 6.07) is 0. The highest BCUT2D eigenvalue weighted by Gasteiger charge is 2.57. The summed E-state index contributed by atoms with van der Waals surface area (Å²) in [7, 11) is 0. The van der Waals surface area contributed by atoms with Gasteiger partial charge in [-0.2, -0.15) is 0 Å². The smallest absolute Gasteiger partial charge is 0.187 e. The SMILES string of the molecule is CC1O[C@H]2O[C@H]3C(C)O[C@@H](O[C@H]4C(C)O[C@@H](O[C@H]5C(C)O[C@@H](O[C@H]6C(C)O[C@@H](O[C@H]7C(C)O[C@@H](O[C@@H]1[C@H](O)C2O)C(O)[C@H]7O)C(O)[C@H]6O)C(O)[C@H]5O)C(O)[C@H]4O)C(O)[C@H]3O. The zero-order valence-electron chi connectivity index (χ0n) is 33.6. The van der Waals surface area contributed by atoms with E-state index in [1.54, 1.807) is 0 Å². The molecule has 12 bridgehead atoms. The third kappa shape index (κ3) is 8.76. The number of rotatable bonds is 0. The minimum Gasteiger partial charge on any atom is -0.387 e. The Labute approximate surface area is 343 Å². The van der Waals surface area contributed by atoms with E-state index in [4.69, 9.17) is 56.8 Å². The van der Waals surface area contributed by atoms with Crippen molar-refractivity contribution in [3.05, 3.63) is 0 Å². The quantitative estimate of drug-likeness (QED) is 0.108. The first-order valence-electron chi connectivity index (χ1n) is 20.2. The monoisotopic (exact) mass is 876 g/mol. The van der Waals surface area contributed by atoms with Crippen molar-refractivity contribution in [1.82, 2.24) is 0 Å². The summed E-state index contributed by atoms with van der Waals surface area (Å²) in [6.07, 6.45) is -46.3. The summed E-state index contributed by atoms with van der Waals surface area (Å²) in [5.74, 6) is 0. The van der Waals surface area contributed by atoms with Gasteiger partial charge in [0, 0.05) is 0 Å². The van der Waals surface area contributed by atoms with Gasteiger partial charge in [0.25, 0.3) is 0 Å². The maximum absolute atomic E-state index is 11.2. The molecule has 30 atom stereocenters. The van der Waals surface area contributed by atoms with Gasteiger partial charge in [-0.1, -0.05) is 0 Å². The molecule has 22 aliphatic heterocycles. The van der Waals surface area contributed by atoms with Crippen molar-refractivity contribution in [3.63, 3.8) is 0 Å². The normalized spacial score (nSPS) is 59.7. The first-order valence-corrected chi connectivity index (χ1v) is 20.2. The Kier molecular flexibility index (Phi) is 14.5. The van der Waals surface area contributed by atoms with E-state index in [1.165, 1.54) is 41.5 Å². The molecule has 12 N–H and O–H groups in total. The van der Waals surface area contributed by atoms with Crippen molar-refractivity contribution in [2.45, 2.75) is 226 Å². The highest BCUT2D eigenvalue weighted by molar-refractivity contribution is 4.99. The van der Waals surface area contributed by atoms with Gasteiger partial charge < -0.3 is 118 Å². The summed E-state index contributed by atoms with van der Waals surface area (Å²) < 4.78 is 70.0. The predicted molar refractivity (Wildman–Crippen MR) is 187 cm³/mol. The summed E-state index contributed by atoms with van der Waals surface area (Å²) in [4.78, 5) is 0. The van der Waals surface area contributed by atoms with Crippen molar-refractivity contribution < 1.29 is 118 Å². The highest BCUT2D eigenvalue weighted by atomic mass is 16.8. The molecule has 0 aromatic carbocycles. The molecule has 60 heavy (non-hydrogen) atoms. The molecule has 24 nitrogen and oxygen atoms in total. The third-order valence-electron chi connectivity index (χ3n) is 12.4. The molecule has 0 aliphatic carbocycles. The van der Waals surface area contributed by atoms with Gasteiger partial charge in [-0.15, -0.1) is 0 Å². The molecule has 0 spiro atoms. The van der Waals surface area contributed by atoms with Crippen molar-refractivity contribution in [2.24, 2.45) is 0 Å². The van der Waals surface area contributed by atoms with Crippen LogP contribution in [0.25, 0.3) is 0 Å². The standard InChI is InChI=1S/C36H60O24/c1-7-25-13(37)19(43)31(49-7)56-26-8(2)51-33(21(45)15(26)39)58-28-10(4)53-35(23(47)17(28)41)60-30-12(6)54-36(24(48)18(30)42)59-29-11(5)52-34(22(46)16(29)40)57-27-9(3)50-32(55-25)20(44)14(27)38/h7-48H,1-6H3/t7?,8?,9?,10?,11?,12?,13-,14-,15-,16-,17-,18-,19?,20?,21?,22?,23?,24?,25+,26+,27+,28+,29+,30+,31+,32+,33+,34+,35+,36+/m1/s1. The minimum atomic E-state index is -1.84. The van der Waals surface area contributed by atoms with Crippen LogP contribution in [0.2, 0.25) is 0 Å². The Bertz CT molecular complexity index is 1160. The molecular formula is C36H60O24. The van der Waals surface area contributed by atoms with Crippen LogP contribution in [0.4, 0.5) is 0 Å². The molecule has 22 fully saturated rings. The molecule has 0 radical (unpaired) electrons. The van der Waals surface area contributed by atoms with E-state index in [1.807, 2.05) is 0 Å². The molecule has 0 amide bonds. The van der Waals surface area contributed by atoms with Gasteiger partial charge in [0.2, 0.25) is 0 Å². The molecular weight excluding hydrogens is 816 g/mol. The number of hydrogen-bond donors (Lipinski definition) is 12. The fourth-order valence-electron chi connectivity index (χ4n) is 8.77. The van der Waals surface area contributed by atoms with Gasteiger partial charge in [-0.3, -0.25) is 0 Å². The second kappa shape index (κ2) is 18.5. The van der Waals surface area contributed by atoms with Gasteiger partial charge in [-0.25, -0.2) is 0 Å². The van der Waals surface area contributed by atoms with E-state index in [-0.39, 0.29) is 0 Å². The maximum atomic E-state index is 11.2. The molecule has 22 saturated heterocycles. The summed E-state index contributed by atoms with van der Waals surface area (Å²) in [5.41, 5.74) is 0. The Hall–Kier alpha value is -0.960. The van der Waals surface area contributed by atoms with Gasteiger partial charge in [0.15, 0.2) is 37.7 Å². The summed E-state index contributed by atoms with van der Waals surface area (Å²) >= 11 is 0.